The fourth-order valence-corrected chi connectivity index (χ4v) is 5.55. The SMILES string of the molecule is Cc1cc(C)n(CCC(=O)N2CCc3c(cnc(C)c3CNS(=O)(=O)Cc3ccccc3)C2)n1. The summed E-state index contributed by atoms with van der Waals surface area (Å²) < 4.78 is 29.8. The summed E-state index contributed by atoms with van der Waals surface area (Å²) in [6.45, 7) is 7.68. The van der Waals surface area contributed by atoms with Gasteiger partial charge in [0.15, 0.2) is 0 Å². The molecular formula is C25H31N5O3S. The molecule has 180 valence electrons. The zero-order valence-electron chi connectivity index (χ0n) is 19.9. The summed E-state index contributed by atoms with van der Waals surface area (Å²) in [6.07, 6.45) is 2.88. The molecule has 0 aliphatic carbocycles. The zero-order valence-corrected chi connectivity index (χ0v) is 20.7. The van der Waals surface area contributed by atoms with Gasteiger partial charge >= 0.3 is 0 Å². The van der Waals surface area contributed by atoms with E-state index in [2.05, 4.69) is 14.8 Å². The van der Waals surface area contributed by atoms with Gasteiger partial charge in [-0.1, -0.05) is 30.3 Å². The summed E-state index contributed by atoms with van der Waals surface area (Å²) in [6, 6.07) is 11.1. The fraction of sp³-hybridized carbons (Fsp3) is 0.400. The number of sulfonamides is 1. The predicted molar refractivity (Wildman–Crippen MR) is 130 cm³/mol. The van der Waals surface area contributed by atoms with Crippen LogP contribution in [0.1, 0.15) is 45.8 Å². The summed E-state index contributed by atoms with van der Waals surface area (Å²) >= 11 is 0. The Hall–Kier alpha value is -3.04. The molecule has 0 atom stereocenters. The standard InChI is InChI=1S/C25H31N5O3S/c1-18-13-19(2)30(28-18)12-10-25(31)29-11-9-23-22(16-29)14-26-20(3)24(23)15-27-34(32,33)17-21-7-5-4-6-8-21/h4-8,13-14,27H,9-12,15-17H2,1-3H3. The average molecular weight is 482 g/mol. The second-order valence-electron chi connectivity index (χ2n) is 8.86. The van der Waals surface area contributed by atoms with Gasteiger partial charge < -0.3 is 4.90 Å². The molecule has 1 aliphatic rings. The van der Waals surface area contributed by atoms with Crippen molar-refractivity contribution in [2.75, 3.05) is 6.54 Å². The third-order valence-corrected chi connectivity index (χ3v) is 7.56. The highest BCUT2D eigenvalue weighted by molar-refractivity contribution is 7.88. The highest BCUT2D eigenvalue weighted by Gasteiger charge is 2.24. The van der Waals surface area contributed by atoms with Crippen LogP contribution in [0, 0.1) is 20.8 Å². The number of rotatable bonds is 8. The Morgan fingerprint density at radius 2 is 1.91 bits per heavy atom. The van der Waals surface area contributed by atoms with Crippen molar-refractivity contribution in [1.82, 2.24) is 24.4 Å². The van der Waals surface area contributed by atoms with Crippen LogP contribution in [0.4, 0.5) is 0 Å². The lowest BCUT2D eigenvalue weighted by atomic mass is 9.95. The molecular weight excluding hydrogens is 450 g/mol. The van der Waals surface area contributed by atoms with E-state index in [-0.39, 0.29) is 18.2 Å². The molecule has 1 N–H and O–H groups in total. The van der Waals surface area contributed by atoms with Crippen molar-refractivity contribution < 1.29 is 13.2 Å². The van der Waals surface area contributed by atoms with Gasteiger partial charge in [-0.15, -0.1) is 0 Å². The second kappa shape index (κ2) is 10.1. The number of benzene rings is 1. The first kappa shape index (κ1) is 24.1. The molecule has 1 aromatic carbocycles. The van der Waals surface area contributed by atoms with E-state index in [1.54, 1.807) is 12.1 Å². The normalized spacial score (nSPS) is 13.7. The number of aryl methyl sites for hydroxylation is 4. The maximum Gasteiger partial charge on any atom is 0.224 e. The van der Waals surface area contributed by atoms with Crippen LogP contribution in [0.5, 0.6) is 0 Å². The third kappa shape index (κ3) is 5.71. The van der Waals surface area contributed by atoms with Crippen LogP contribution in [-0.2, 0) is 46.6 Å². The highest BCUT2D eigenvalue weighted by Crippen LogP contribution is 2.25. The molecule has 2 aromatic heterocycles. The molecule has 0 bridgehead atoms. The Bertz CT molecular complexity index is 1290. The van der Waals surface area contributed by atoms with Gasteiger partial charge in [0.1, 0.15) is 0 Å². The summed E-state index contributed by atoms with van der Waals surface area (Å²) in [5, 5.41) is 4.43. The van der Waals surface area contributed by atoms with Crippen LogP contribution in [-0.4, -0.2) is 40.5 Å². The monoisotopic (exact) mass is 481 g/mol. The van der Waals surface area contributed by atoms with Crippen LogP contribution in [0.25, 0.3) is 0 Å². The van der Waals surface area contributed by atoms with E-state index in [4.69, 9.17) is 0 Å². The lowest BCUT2D eigenvalue weighted by Gasteiger charge is -2.30. The first-order chi connectivity index (χ1) is 16.2. The maximum absolute atomic E-state index is 12.9. The molecule has 8 nitrogen and oxygen atoms in total. The third-order valence-electron chi connectivity index (χ3n) is 6.26. The van der Waals surface area contributed by atoms with Gasteiger partial charge in [-0.2, -0.15) is 5.10 Å². The summed E-state index contributed by atoms with van der Waals surface area (Å²) in [5.74, 6) is 0.0243. The van der Waals surface area contributed by atoms with Gasteiger partial charge in [0.2, 0.25) is 15.9 Å². The van der Waals surface area contributed by atoms with Gasteiger partial charge in [0, 0.05) is 50.2 Å². The first-order valence-corrected chi connectivity index (χ1v) is 13.1. The molecule has 3 aromatic rings. The minimum absolute atomic E-state index is 0.0626. The number of nitrogens with one attached hydrogen (secondary N) is 1. The number of pyridine rings is 1. The van der Waals surface area contributed by atoms with E-state index >= 15 is 0 Å². The number of hydrogen-bond acceptors (Lipinski definition) is 5. The van der Waals surface area contributed by atoms with E-state index in [0.29, 0.717) is 32.5 Å². The Balaban J connectivity index is 1.40. The molecule has 0 radical (unpaired) electrons. The summed E-state index contributed by atoms with van der Waals surface area (Å²) in [5.41, 5.74) is 6.54. The number of carbonyl (C=O) groups excluding carboxylic acids is 1. The van der Waals surface area contributed by atoms with E-state index in [9.17, 15) is 13.2 Å². The van der Waals surface area contributed by atoms with Crippen LogP contribution >= 0.6 is 0 Å². The minimum Gasteiger partial charge on any atom is -0.338 e. The number of hydrogen-bond donors (Lipinski definition) is 1. The molecule has 34 heavy (non-hydrogen) atoms. The van der Waals surface area contributed by atoms with Crippen LogP contribution in [0.2, 0.25) is 0 Å². The minimum atomic E-state index is -3.49. The predicted octanol–water partition coefficient (Wildman–Crippen LogP) is 2.80. The van der Waals surface area contributed by atoms with E-state index in [1.807, 2.05) is 60.8 Å². The summed E-state index contributed by atoms with van der Waals surface area (Å²) in [4.78, 5) is 19.2. The topological polar surface area (TPSA) is 97.2 Å². The Morgan fingerprint density at radius 1 is 1.15 bits per heavy atom. The van der Waals surface area contributed by atoms with Gasteiger partial charge in [-0.3, -0.25) is 14.5 Å². The molecule has 0 fully saturated rings. The van der Waals surface area contributed by atoms with E-state index in [0.717, 1.165) is 39.3 Å². The number of nitrogens with zero attached hydrogens (tertiary/aromatic N) is 4. The quantitative estimate of drug-likeness (QED) is 0.534. The van der Waals surface area contributed by atoms with Crippen molar-refractivity contribution in [3.63, 3.8) is 0 Å². The molecule has 0 unspecified atom stereocenters. The van der Waals surface area contributed by atoms with Crippen molar-refractivity contribution >= 4 is 15.9 Å². The fourth-order valence-electron chi connectivity index (χ4n) is 4.46. The van der Waals surface area contributed by atoms with Crippen molar-refractivity contribution in [1.29, 1.82) is 0 Å². The maximum atomic E-state index is 12.9. The Kier molecular flexibility index (Phi) is 7.13. The summed E-state index contributed by atoms with van der Waals surface area (Å²) in [7, 11) is -3.49. The second-order valence-corrected chi connectivity index (χ2v) is 10.7. The Morgan fingerprint density at radius 3 is 2.62 bits per heavy atom. The smallest absolute Gasteiger partial charge is 0.224 e. The molecule has 0 spiro atoms. The van der Waals surface area contributed by atoms with Crippen molar-refractivity contribution in [3.05, 3.63) is 81.9 Å². The van der Waals surface area contributed by atoms with E-state index < -0.39 is 10.0 Å². The molecule has 1 amide bonds. The van der Waals surface area contributed by atoms with Crippen molar-refractivity contribution in [2.45, 2.75) is 59.0 Å². The van der Waals surface area contributed by atoms with E-state index in [1.165, 1.54) is 0 Å². The molecule has 9 heteroatoms. The lowest BCUT2D eigenvalue weighted by molar-refractivity contribution is -0.132. The van der Waals surface area contributed by atoms with Gasteiger partial charge in [-0.05, 0) is 55.5 Å². The molecule has 4 rings (SSSR count). The number of carbonyl (C=O) groups is 1. The number of amides is 1. The molecule has 0 saturated carbocycles. The largest absolute Gasteiger partial charge is 0.338 e. The van der Waals surface area contributed by atoms with Crippen LogP contribution < -0.4 is 4.72 Å². The average Bonchev–Trinajstić information content (AvgIpc) is 3.13. The van der Waals surface area contributed by atoms with Crippen LogP contribution in [0.3, 0.4) is 0 Å². The molecule has 1 aliphatic heterocycles. The lowest BCUT2D eigenvalue weighted by Crippen LogP contribution is -2.37. The van der Waals surface area contributed by atoms with Crippen molar-refractivity contribution in [3.8, 4) is 0 Å². The van der Waals surface area contributed by atoms with Gasteiger partial charge in [-0.25, -0.2) is 13.1 Å². The zero-order chi connectivity index (χ0) is 24.3. The molecule has 3 heterocycles. The van der Waals surface area contributed by atoms with Crippen LogP contribution in [0.15, 0.2) is 42.6 Å². The van der Waals surface area contributed by atoms with Gasteiger partial charge in [0.05, 0.1) is 11.4 Å². The molecule has 0 saturated heterocycles. The highest BCUT2D eigenvalue weighted by atomic mass is 32.2. The van der Waals surface area contributed by atoms with Gasteiger partial charge in [0.25, 0.3) is 0 Å². The first-order valence-electron chi connectivity index (χ1n) is 11.5. The number of aromatic nitrogens is 3. The Labute approximate surface area is 201 Å². The number of fused-ring (bicyclic) bond motifs is 1. The van der Waals surface area contributed by atoms with Crippen molar-refractivity contribution in [2.24, 2.45) is 0 Å².